The number of halogens is 3. The Balaban J connectivity index is 2.97. The molecule has 0 saturated heterocycles. The van der Waals surface area contributed by atoms with Crippen LogP contribution in [-0.2, 0) is 10.2 Å². The van der Waals surface area contributed by atoms with Crippen molar-refractivity contribution in [2.75, 3.05) is 18.9 Å². The van der Waals surface area contributed by atoms with Crippen LogP contribution in [-0.4, -0.2) is 24.5 Å². The van der Waals surface area contributed by atoms with Crippen molar-refractivity contribution >= 4 is 39.1 Å². The van der Waals surface area contributed by atoms with E-state index in [1.165, 1.54) is 5.56 Å². The average Bonchev–Trinajstić information content (AvgIpc) is 2.41. The number of hydrogen-bond acceptors (Lipinski definition) is 1. The summed E-state index contributed by atoms with van der Waals surface area (Å²) in [5, 5.41) is 0. The van der Waals surface area contributed by atoms with Crippen molar-refractivity contribution in [3.63, 3.8) is 0 Å². The average molecular weight is 368 g/mol. The Kier molecular flexibility index (Phi) is 6.65. The van der Waals surface area contributed by atoms with Crippen LogP contribution in [0.25, 0.3) is 0 Å². The third-order valence-corrected chi connectivity index (χ3v) is 5.22. The quantitative estimate of drug-likeness (QED) is 0.588. The predicted octanol–water partition coefficient (Wildman–Crippen LogP) is 5.37. The van der Waals surface area contributed by atoms with Gasteiger partial charge in [-0.15, -0.1) is 23.2 Å². The zero-order valence-corrected chi connectivity index (χ0v) is 14.8. The molecule has 0 aliphatic rings. The minimum Gasteiger partial charge on any atom is -0.379 e. The Morgan fingerprint density at radius 2 is 1.79 bits per heavy atom. The number of hydrogen-bond donors (Lipinski definition) is 0. The van der Waals surface area contributed by atoms with Gasteiger partial charge in [0.2, 0.25) is 0 Å². The van der Waals surface area contributed by atoms with Gasteiger partial charge in [0.1, 0.15) is 0 Å². The molecule has 4 heteroatoms. The van der Waals surface area contributed by atoms with Gasteiger partial charge in [-0.2, -0.15) is 0 Å². The summed E-state index contributed by atoms with van der Waals surface area (Å²) in [5.74, 6) is 1.01. The molecule has 0 atom stereocenters. The molecule has 0 aliphatic heterocycles. The molecule has 1 aromatic carbocycles. The highest BCUT2D eigenvalue weighted by Crippen LogP contribution is 2.36. The summed E-state index contributed by atoms with van der Waals surface area (Å²) in [7, 11) is 1.74. The molecule has 1 aromatic rings. The maximum Gasteiger partial charge on any atom is 0.0623 e. The fraction of sp³-hybridized carbons (Fsp3) is 0.600. The lowest BCUT2D eigenvalue weighted by molar-refractivity contribution is 0.0100. The van der Waals surface area contributed by atoms with Gasteiger partial charge >= 0.3 is 0 Å². The van der Waals surface area contributed by atoms with Gasteiger partial charge in [0.25, 0.3) is 0 Å². The van der Waals surface area contributed by atoms with Crippen LogP contribution in [0.3, 0.4) is 0 Å². The van der Waals surface area contributed by atoms with Crippen LogP contribution in [0.5, 0.6) is 0 Å². The number of methoxy groups -OCH3 is 1. The zero-order valence-electron chi connectivity index (χ0n) is 11.7. The van der Waals surface area contributed by atoms with Crippen molar-refractivity contribution in [2.45, 2.75) is 37.7 Å². The highest BCUT2D eigenvalue weighted by molar-refractivity contribution is 9.10. The Morgan fingerprint density at radius 1 is 1.16 bits per heavy atom. The smallest absolute Gasteiger partial charge is 0.0623 e. The van der Waals surface area contributed by atoms with Crippen LogP contribution in [0, 0.1) is 0 Å². The molecule has 0 bridgehead atoms. The summed E-state index contributed by atoms with van der Waals surface area (Å²) in [4.78, 5) is 0. The standard InChI is InChI=1S/C15H21BrCl2O/c1-14(2,19-3)7-8-15(10-17,11-18)12-5-4-6-13(16)9-12/h4-6,9H,7-8,10-11H2,1-3H3. The summed E-state index contributed by atoms with van der Waals surface area (Å²) in [6, 6.07) is 8.23. The van der Waals surface area contributed by atoms with E-state index in [1.54, 1.807) is 7.11 Å². The summed E-state index contributed by atoms with van der Waals surface area (Å²) in [6.45, 7) is 4.17. The van der Waals surface area contributed by atoms with E-state index in [1.807, 2.05) is 12.1 Å². The van der Waals surface area contributed by atoms with E-state index in [9.17, 15) is 0 Å². The van der Waals surface area contributed by atoms with Gasteiger partial charge in [0, 0.05) is 28.8 Å². The first-order chi connectivity index (χ1) is 8.89. The monoisotopic (exact) mass is 366 g/mol. The topological polar surface area (TPSA) is 9.23 Å². The molecule has 0 spiro atoms. The van der Waals surface area contributed by atoms with Crippen molar-refractivity contribution in [1.82, 2.24) is 0 Å². The summed E-state index contributed by atoms with van der Waals surface area (Å²) in [5.41, 5.74) is 0.816. The van der Waals surface area contributed by atoms with Crippen LogP contribution in [0.15, 0.2) is 28.7 Å². The minimum atomic E-state index is -0.206. The molecule has 108 valence electrons. The largest absolute Gasteiger partial charge is 0.379 e. The van der Waals surface area contributed by atoms with Crippen LogP contribution < -0.4 is 0 Å². The van der Waals surface area contributed by atoms with E-state index in [0.29, 0.717) is 11.8 Å². The van der Waals surface area contributed by atoms with Gasteiger partial charge in [0.05, 0.1) is 5.60 Å². The minimum absolute atomic E-state index is 0.157. The van der Waals surface area contributed by atoms with Gasteiger partial charge in [-0.05, 0) is 44.4 Å². The fourth-order valence-electron chi connectivity index (χ4n) is 1.93. The summed E-state index contributed by atoms with van der Waals surface area (Å²) in [6.07, 6.45) is 1.81. The molecule has 0 N–H and O–H groups in total. The Labute approximate surface area is 134 Å². The lowest BCUT2D eigenvalue weighted by atomic mass is 9.78. The first-order valence-corrected chi connectivity index (χ1v) is 8.18. The van der Waals surface area contributed by atoms with Crippen molar-refractivity contribution in [3.8, 4) is 0 Å². The number of ether oxygens (including phenoxy) is 1. The summed E-state index contributed by atoms with van der Waals surface area (Å²) < 4.78 is 6.54. The molecule has 1 nitrogen and oxygen atoms in total. The second-order valence-electron chi connectivity index (χ2n) is 5.52. The Bertz CT molecular complexity index is 403. The van der Waals surface area contributed by atoms with E-state index in [-0.39, 0.29) is 11.0 Å². The van der Waals surface area contributed by atoms with Crippen LogP contribution in [0.1, 0.15) is 32.3 Å². The zero-order chi connectivity index (χ0) is 14.5. The highest BCUT2D eigenvalue weighted by atomic mass is 79.9. The molecular weight excluding hydrogens is 347 g/mol. The van der Waals surface area contributed by atoms with Gasteiger partial charge in [-0.25, -0.2) is 0 Å². The molecule has 19 heavy (non-hydrogen) atoms. The summed E-state index contributed by atoms with van der Waals surface area (Å²) >= 11 is 16.0. The lowest BCUT2D eigenvalue weighted by Crippen LogP contribution is -2.34. The molecular formula is C15H21BrCl2O. The fourth-order valence-corrected chi connectivity index (χ4v) is 3.19. The normalized spacial score (nSPS) is 12.7. The van der Waals surface area contributed by atoms with Gasteiger partial charge in [0.15, 0.2) is 0 Å². The van der Waals surface area contributed by atoms with Gasteiger partial charge in [-0.1, -0.05) is 28.1 Å². The number of benzene rings is 1. The third kappa shape index (κ3) is 4.63. The molecule has 0 heterocycles. The number of alkyl halides is 2. The van der Waals surface area contributed by atoms with E-state index in [2.05, 4.69) is 41.9 Å². The van der Waals surface area contributed by atoms with Gasteiger partial charge in [-0.3, -0.25) is 0 Å². The molecule has 0 amide bonds. The van der Waals surface area contributed by atoms with Crippen LogP contribution in [0.2, 0.25) is 0 Å². The van der Waals surface area contributed by atoms with Crippen molar-refractivity contribution in [1.29, 1.82) is 0 Å². The number of rotatable bonds is 7. The van der Waals surface area contributed by atoms with Crippen LogP contribution >= 0.6 is 39.1 Å². The first kappa shape index (κ1) is 17.3. The van der Waals surface area contributed by atoms with E-state index < -0.39 is 0 Å². The van der Waals surface area contributed by atoms with E-state index in [4.69, 9.17) is 27.9 Å². The Morgan fingerprint density at radius 3 is 2.26 bits per heavy atom. The molecule has 0 unspecified atom stereocenters. The second-order valence-corrected chi connectivity index (χ2v) is 6.97. The maximum atomic E-state index is 6.24. The van der Waals surface area contributed by atoms with Crippen LogP contribution in [0.4, 0.5) is 0 Å². The molecule has 0 radical (unpaired) electrons. The van der Waals surface area contributed by atoms with Crippen molar-refractivity contribution in [3.05, 3.63) is 34.3 Å². The highest BCUT2D eigenvalue weighted by Gasteiger charge is 2.33. The van der Waals surface area contributed by atoms with Crippen molar-refractivity contribution in [2.24, 2.45) is 0 Å². The van der Waals surface area contributed by atoms with E-state index >= 15 is 0 Å². The molecule has 0 aromatic heterocycles. The third-order valence-electron chi connectivity index (χ3n) is 3.71. The predicted molar refractivity (Wildman–Crippen MR) is 87.6 cm³/mol. The maximum absolute atomic E-state index is 6.24. The van der Waals surface area contributed by atoms with Crippen molar-refractivity contribution < 1.29 is 4.74 Å². The first-order valence-electron chi connectivity index (χ1n) is 6.32. The molecule has 1 rings (SSSR count). The second kappa shape index (κ2) is 7.31. The SMILES string of the molecule is COC(C)(C)CCC(CCl)(CCl)c1cccc(Br)c1. The molecule has 0 saturated carbocycles. The molecule has 0 fully saturated rings. The Hall–Kier alpha value is 0.240. The molecule has 0 aliphatic carbocycles. The van der Waals surface area contributed by atoms with Gasteiger partial charge < -0.3 is 4.74 Å². The van der Waals surface area contributed by atoms with E-state index in [0.717, 1.165) is 17.3 Å². The lowest BCUT2D eigenvalue weighted by Gasteiger charge is -2.34.